The molecule has 0 aliphatic heterocycles. The number of carbonyl (C=O) groups excluding carboxylic acids is 1. The summed E-state index contributed by atoms with van der Waals surface area (Å²) in [7, 11) is 0. The largest absolute Gasteiger partial charge is 0.463 e. The van der Waals surface area contributed by atoms with Crippen molar-refractivity contribution < 1.29 is 9.53 Å². The molecule has 4 heteroatoms. The van der Waals surface area contributed by atoms with Gasteiger partial charge in [0.1, 0.15) is 12.6 Å². The molecule has 2 N–H and O–H groups in total. The molecule has 4 nitrogen and oxygen atoms in total. The fourth-order valence-electron chi connectivity index (χ4n) is 1.50. The predicted octanol–water partition coefficient (Wildman–Crippen LogP) is 0.996. The minimum atomic E-state index is -0.531. The third-order valence-electron chi connectivity index (χ3n) is 2.29. The van der Waals surface area contributed by atoms with E-state index in [0.717, 1.165) is 6.54 Å². The first kappa shape index (κ1) is 14.4. The van der Waals surface area contributed by atoms with Crippen LogP contribution in [0.25, 0.3) is 0 Å². The molecule has 0 spiro atoms. The maximum atomic E-state index is 11.1. The van der Waals surface area contributed by atoms with Gasteiger partial charge in [-0.05, 0) is 34.6 Å². The molecule has 0 radical (unpaired) electrons. The van der Waals surface area contributed by atoms with E-state index < -0.39 is 6.04 Å². The van der Waals surface area contributed by atoms with E-state index >= 15 is 0 Å². The molecule has 0 aliphatic carbocycles. The van der Waals surface area contributed by atoms with Crippen LogP contribution in [-0.2, 0) is 9.53 Å². The minimum absolute atomic E-state index is 0.331. The highest BCUT2D eigenvalue weighted by Crippen LogP contribution is 2.04. The van der Waals surface area contributed by atoms with Gasteiger partial charge in [0.25, 0.3) is 0 Å². The molecule has 1 atom stereocenters. The van der Waals surface area contributed by atoms with E-state index in [9.17, 15) is 4.79 Å². The SMILES string of the molecule is CC(N)C(=O)OCCN(C(C)C)C(C)C. The molecule has 0 rings (SSSR count). The smallest absolute Gasteiger partial charge is 0.322 e. The third-order valence-corrected chi connectivity index (χ3v) is 2.29. The molecule has 0 aliphatic rings. The molecule has 0 amide bonds. The Morgan fingerprint density at radius 1 is 1.20 bits per heavy atom. The number of hydrogen-bond donors (Lipinski definition) is 1. The summed E-state index contributed by atoms with van der Waals surface area (Å²) in [4.78, 5) is 13.4. The van der Waals surface area contributed by atoms with Crippen LogP contribution in [0.3, 0.4) is 0 Å². The van der Waals surface area contributed by atoms with E-state index in [1.165, 1.54) is 0 Å². The highest BCUT2D eigenvalue weighted by Gasteiger charge is 2.14. The molecule has 0 aromatic heterocycles. The van der Waals surface area contributed by atoms with E-state index in [-0.39, 0.29) is 5.97 Å². The summed E-state index contributed by atoms with van der Waals surface area (Å²) in [5, 5.41) is 0. The van der Waals surface area contributed by atoms with Crippen molar-refractivity contribution in [3.05, 3.63) is 0 Å². The van der Waals surface area contributed by atoms with Crippen LogP contribution in [0, 0.1) is 0 Å². The second-order valence-electron chi connectivity index (χ2n) is 4.38. The summed E-state index contributed by atoms with van der Waals surface area (Å²) < 4.78 is 5.03. The van der Waals surface area contributed by atoms with E-state index in [0.29, 0.717) is 18.7 Å². The second kappa shape index (κ2) is 6.80. The first-order valence-corrected chi connectivity index (χ1v) is 5.54. The van der Waals surface area contributed by atoms with Gasteiger partial charge in [0.15, 0.2) is 0 Å². The number of nitrogens with zero attached hydrogens (tertiary/aromatic N) is 1. The van der Waals surface area contributed by atoms with Crippen molar-refractivity contribution in [2.24, 2.45) is 5.73 Å². The number of carbonyl (C=O) groups is 1. The van der Waals surface area contributed by atoms with Crippen LogP contribution in [0.5, 0.6) is 0 Å². The summed E-state index contributed by atoms with van der Waals surface area (Å²) in [5.41, 5.74) is 5.38. The average Bonchev–Trinajstić information content (AvgIpc) is 2.10. The summed E-state index contributed by atoms with van der Waals surface area (Å²) in [6.07, 6.45) is 0. The first-order chi connectivity index (χ1) is 6.86. The quantitative estimate of drug-likeness (QED) is 0.673. The van der Waals surface area contributed by atoms with Gasteiger partial charge in [-0.15, -0.1) is 0 Å². The molecular formula is C11H24N2O2. The van der Waals surface area contributed by atoms with Crippen molar-refractivity contribution in [1.29, 1.82) is 0 Å². The fourth-order valence-corrected chi connectivity index (χ4v) is 1.50. The number of nitrogens with two attached hydrogens (primary N) is 1. The van der Waals surface area contributed by atoms with Crippen LogP contribution in [0.4, 0.5) is 0 Å². The highest BCUT2D eigenvalue weighted by molar-refractivity contribution is 5.74. The standard InChI is InChI=1S/C11H24N2O2/c1-8(2)13(9(3)4)6-7-15-11(14)10(5)12/h8-10H,6-7,12H2,1-5H3. The average molecular weight is 216 g/mol. The Hall–Kier alpha value is -0.610. The summed E-state index contributed by atoms with van der Waals surface area (Å²) >= 11 is 0. The zero-order valence-corrected chi connectivity index (χ0v) is 10.5. The van der Waals surface area contributed by atoms with Crippen molar-refractivity contribution in [2.75, 3.05) is 13.2 Å². The summed E-state index contributed by atoms with van der Waals surface area (Å²) in [5.74, 6) is -0.331. The molecule has 15 heavy (non-hydrogen) atoms. The molecule has 0 heterocycles. The number of esters is 1. The Labute approximate surface area is 92.8 Å². The molecular weight excluding hydrogens is 192 g/mol. The lowest BCUT2D eigenvalue weighted by molar-refractivity contribution is -0.145. The van der Waals surface area contributed by atoms with Crippen molar-refractivity contribution in [1.82, 2.24) is 4.90 Å². The van der Waals surface area contributed by atoms with Crippen molar-refractivity contribution >= 4 is 5.97 Å². The Kier molecular flexibility index (Phi) is 6.52. The van der Waals surface area contributed by atoms with Gasteiger partial charge in [-0.25, -0.2) is 0 Å². The lowest BCUT2D eigenvalue weighted by Crippen LogP contribution is -2.40. The maximum absolute atomic E-state index is 11.1. The Morgan fingerprint density at radius 2 is 1.67 bits per heavy atom. The van der Waals surface area contributed by atoms with E-state index in [1.54, 1.807) is 6.92 Å². The van der Waals surface area contributed by atoms with Crippen molar-refractivity contribution in [2.45, 2.75) is 52.7 Å². The van der Waals surface area contributed by atoms with Crippen molar-refractivity contribution in [3.8, 4) is 0 Å². The van der Waals surface area contributed by atoms with Gasteiger partial charge in [0.2, 0.25) is 0 Å². The van der Waals surface area contributed by atoms with Crippen LogP contribution < -0.4 is 5.73 Å². The van der Waals surface area contributed by atoms with E-state index in [1.807, 2.05) is 0 Å². The minimum Gasteiger partial charge on any atom is -0.463 e. The topological polar surface area (TPSA) is 55.6 Å². The molecule has 0 aromatic carbocycles. The first-order valence-electron chi connectivity index (χ1n) is 5.54. The molecule has 0 fully saturated rings. The highest BCUT2D eigenvalue weighted by atomic mass is 16.5. The van der Waals surface area contributed by atoms with Crippen LogP contribution in [0.2, 0.25) is 0 Å². The normalized spacial score (nSPS) is 13.7. The van der Waals surface area contributed by atoms with E-state index in [2.05, 4.69) is 32.6 Å². The third kappa shape index (κ3) is 5.74. The molecule has 0 saturated carbocycles. The van der Waals surface area contributed by atoms with Crippen LogP contribution in [0.1, 0.15) is 34.6 Å². The number of ether oxygens (including phenoxy) is 1. The monoisotopic (exact) mass is 216 g/mol. The van der Waals surface area contributed by atoms with Crippen LogP contribution >= 0.6 is 0 Å². The maximum Gasteiger partial charge on any atom is 0.322 e. The predicted molar refractivity (Wildman–Crippen MR) is 61.6 cm³/mol. The van der Waals surface area contributed by atoms with Gasteiger partial charge < -0.3 is 10.5 Å². The fraction of sp³-hybridized carbons (Fsp3) is 0.909. The van der Waals surface area contributed by atoms with Crippen molar-refractivity contribution in [3.63, 3.8) is 0 Å². The zero-order valence-electron chi connectivity index (χ0n) is 10.5. The van der Waals surface area contributed by atoms with Gasteiger partial charge in [-0.1, -0.05) is 0 Å². The van der Waals surface area contributed by atoms with Gasteiger partial charge in [-0.2, -0.15) is 0 Å². The molecule has 0 aromatic rings. The zero-order chi connectivity index (χ0) is 12.0. The molecule has 1 unspecified atom stereocenters. The lowest BCUT2D eigenvalue weighted by Gasteiger charge is -2.30. The van der Waals surface area contributed by atoms with Gasteiger partial charge in [-0.3, -0.25) is 9.69 Å². The van der Waals surface area contributed by atoms with Crippen LogP contribution in [-0.4, -0.2) is 42.1 Å². The molecule has 90 valence electrons. The Balaban J connectivity index is 3.87. The van der Waals surface area contributed by atoms with Gasteiger partial charge in [0.05, 0.1) is 0 Å². The molecule has 0 saturated heterocycles. The van der Waals surface area contributed by atoms with Gasteiger partial charge >= 0.3 is 5.97 Å². The summed E-state index contributed by atoms with van der Waals surface area (Å²) in [6, 6.07) is 0.384. The van der Waals surface area contributed by atoms with E-state index in [4.69, 9.17) is 10.5 Å². The second-order valence-corrected chi connectivity index (χ2v) is 4.38. The molecule has 0 bridgehead atoms. The lowest BCUT2D eigenvalue weighted by atomic mass is 10.2. The van der Waals surface area contributed by atoms with Crippen LogP contribution in [0.15, 0.2) is 0 Å². The summed E-state index contributed by atoms with van der Waals surface area (Å²) in [6.45, 7) is 11.3. The van der Waals surface area contributed by atoms with Gasteiger partial charge in [0, 0.05) is 18.6 Å². The Bertz CT molecular complexity index is 183. The Morgan fingerprint density at radius 3 is 2.00 bits per heavy atom. The number of hydrogen-bond acceptors (Lipinski definition) is 4. The number of rotatable bonds is 6.